The van der Waals surface area contributed by atoms with Crippen molar-refractivity contribution in [1.29, 1.82) is 0 Å². The van der Waals surface area contributed by atoms with Gasteiger partial charge in [0.25, 0.3) is 0 Å². The summed E-state index contributed by atoms with van der Waals surface area (Å²) < 4.78 is 0. The summed E-state index contributed by atoms with van der Waals surface area (Å²) in [4.78, 5) is 25.7. The van der Waals surface area contributed by atoms with Crippen LogP contribution in [0.4, 0.5) is 11.4 Å². The molecular formula is C24H20N2O2. The monoisotopic (exact) mass is 368 g/mol. The van der Waals surface area contributed by atoms with E-state index in [2.05, 4.69) is 0 Å². The van der Waals surface area contributed by atoms with Gasteiger partial charge in [0.15, 0.2) is 0 Å². The molecule has 0 aliphatic carbocycles. The van der Waals surface area contributed by atoms with Gasteiger partial charge in [-0.25, -0.2) is 10.0 Å². The predicted octanol–water partition coefficient (Wildman–Crippen LogP) is 4.89. The quantitative estimate of drug-likeness (QED) is 0.616. The second kappa shape index (κ2) is 7.16. The second-order valence-corrected chi connectivity index (χ2v) is 6.77. The molecule has 4 rings (SSSR count). The summed E-state index contributed by atoms with van der Waals surface area (Å²) in [7, 11) is 0. The number of carbonyl (C=O) groups is 2. The topological polar surface area (TPSA) is 40.6 Å². The largest absolute Gasteiger partial charge is 0.318 e. The Morgan fingerprint density at radius 3 is 1.68 bits per heavy atom. The fraction of sp³-hybridized carbons (Fsp3) is 0.0833. The third-order valence-electron chi connectivity index (χ3n) is 4.82. The Morgan fingerprint density at radius 2 is 1.18 bits per heavy atom. The second-order valence-electron chi connectivity index (χ2n) is 6.77. The number of benzene rings is 3. The van der Waals surface area contributed by atoms with Crippen LogP contribution in [0.2, 0.25) is 0 Å². The molecule has 0 N–H and O–H groups in total. The van der Waals surface area contributed by atoms with E-state index in [4.69, 9.17) is 0 Å². The summed E-state index contributed by atoms with van der Waals surface area (Å²) in [6.45, 7) is 3.72. The molecule has 3 aromatic carbocycles. The van der Waals surface area contributed by atoms with Gasteiger partial charge < -0.3 is 0 Å². The lowest BCUT2D eigenvalue weighted by molar-refractivity contribution is -0.139. The zero-order chi connectivity index (χ0) is 19.7. The molecule has 0 spiro atoms. The van der Waals surface area contributed by atoms with Crippen LogP contribution >= 0.6 is 0 Å². The Balaban J connectivity index is 1.92. The number of rotatable bonds is 4. The molecule has 28 heavy (non-hydrogen) atoms. The van der Waals surface area contributed by atoms with Crippen molar-refractivity contribution in [3.63, 3.8) is 0 Å². The van der Waals surface area contributed by atoms with Crippen molar-refractivity contribution in [2.24, 2.45) is 0 Å². The van der Waals surface area contributed by atoms with Gasteiger partial charge in [0, 0.05) is 11.1 Å². The zero-order valence-electron chi connectivity index (χ0n) is 15.8. The molecule has 1 heterocycles. The number of hydrogen-bond acceptors (Lipinski definition) is 3. The van der Waals surface area contributed by atoms with Crippen LogP contribution in [0.1, 0.15) is 18.1 Å². The van der Waals surface area contributed by atoms with E-state index in [1.807, 2.05) is 91.9 Å². The lowest BCUT2D eigenvalue weighted by Crippen LogP contribution is -2.41. The number of aryl methyl sites for hydroxylation is 1. The van der Waals surface area contributed by atoms with Crippen LogP contribution in [0.3, 0.4) is 0 Å². The molecule has 0 atom stereocenters. The van der Waals surface area contributed by atoms with Crippen LogP contribution in [0.25, 0.3) is 5.70 Å². The number of carbonyl (C=O) groups excluding carboxylic acids is 2. The number of hydrogen-bond donors (Lipinski definition) is 0. The molecule has 4 nitrogen and oxygen atoms in total. The van der Waals surface area contributed by atoms with Crippen LogP contribution in [0.5, 0.6) is 0 Å². The third-order valence-corrected chi connectivity index (χ3v) is 4.82. The van der Waals surface area contributed by atoms with Crippen molar-refractivity contribution in [3.05, 3.63) is 102 Å². The number of anilines is 2. The fourth-order valence-electron chi connectivity index (χ4n) is 3.38. The molecular weight excluding hydrogens is 348 g/mol. The number of nitrogens with zero attached hydrogens (tertiary/aromatic N) is 2. The SMILES string of the molecule is CC1=C(c2ccc(C)cc2)N(N(c2ccccc2)c2ccccc2)C(=O)C1=O. The van der Waals surface area contributed by atoms with Crippen LogP contribution in [-0.2, 0) is 9.59 Å². The maximum absolute atomic E-state index is 13.0. The Hall–Kier alpha value is -3.66. The van der Waals surface area contributed by atoms with Crippen molar-refractivity contribution in [1.82, 2.24) is 5.01 Å². The highest BCUT2D eigenvalue weighted by Crippen LogP contribution is 2.38. The Bertz CT molecular complexity index is 1020. The highest BCUT2D eigenvalue weighted by atomic mass is 16.2. The van der Waals surface area contributed by atoms with E-state index in [1.165, 1.54) is 5.01 Å². The first-order chi connectivity index (χ1) is 13.6. The van der Waals surface area contributed by atoms with Gasteiger partial charge in [0.2, 0.25) is 5.78 Å². The van der Waals surface area contributed by atoms with E-state index in [0.717, 1.165) is 22.5 Å². The third kappa shape index (κ3) is 2.99. The minimum atomic E-state index is -0.555. The van der Waals surface area contributed by atoms with E-state index < -0.39 is 11.7 Å². The number of para-hydroxylation sites is 2. The molecule has 0 fully saturated rings. The van der Waals surface area contributed by atoms with Crippen LogP contribution in [-0.4, -0.2) is 16.7 Å². The van der Waals surface area contributed by atoms with E-state index in [9.17, 15) is 9.59 Å². The van der Waals surface area contributed by atoms with Gasteiger partial charge in [-0.3, -0.25) is 9.59 Å². The Labute approximate surface area is 164 Å². The summed E-state index contributed by atoms with van der Waals surface area (Å²) in [5.74, 6) is -1.03. The molecule has 1 aliphatic heterocycles. The van der Waals surface area contributed by atoms with Gasteiger partial charge in [0.05, 0.1) is 17.1 Å². The van der Waals surface area contributed by atoms with Crippen molar-refractivity contribution in [3.8, 4) is 0 Å². The summed E-state index contributed by atoms with van der Waals surface area (Å²) >= 11 is 0. The van der Waals surface area contributed by atoms with Crippen LogP contribution in [0.15, 0.2) is 90.5 Å². The zero-order valence-corrected chi connectivity index (χ0v) is 15.8. The van der Waals surface area contributed by atoms with Crippen molar-refractivity contribution >= 4 is 28.8 Å². The summed E-state index contributed by atoms with van der Waals surface area (Å²) in [5, 5.41) is 3.29. The van der Waals surface area contributed by atoms with E-state index in [0.29, 0.717) is 11.3 Å². The summed E-state index contributed by atoms with van der Waals surface area (Å²) in [6.07, 6.45) is 0. The first kappa shape index (κ1) is 17.7. The van der Waals surface area contributed by atoms with Gasteiger partial charge in [-0.15, -0.1) is 0 Å². The van der Waals surface area contributed by atoms with Crippen molar-refractivity contribution in [2.75, 3.05) is 5.01 Å². The van der Waals surface area contributed by atoms with Gasteiger partial charge in [-0.05, 0) is 38.1 Å². The highest BCUT2D eigenvalue weighted by Gasteiger charge is 2.41. The molecule has 0 saturated heterocycles. The van der Waals surface area contributed by atoms with Crippen LogP contribution < -0.4 is 5.01 Å². The first-order valence-electron chi connectivity index (χ1n) is 9.15. The Morgan fingerprint density at radius 1 is 0.679 bits per heavy atom. The number of Topliss-reactive ketones (excluding diaryl/α,β-unsaturated/α-hetero) is 1. The van der Waals surface area contributed by atoms with Crippen molar-refractivity contribution in [2.45, 2.75) is 13.8 Å². The van der Waals surface area contributed by atoms with Gasteiger partial charge in [-0.2, -0.15) is 0 Å². The molecule has 0 radical (unpaired) electrons. The lowest BCUT2D eigenvalue weighted by atomic mass is 10.1. The molecule has 4 heteroatoms. The maximum Gasteiger partial charge on any atom is 0.318 e. The first-order valence-corrected chi connectivity index (χ1v) is 9.15. The molecule has 0 unspecified atom stereocenters. The van der Waals surface area contributed by atoms with Gasteiger partial charge in [0.1, 0.15) is 0 Å². The predicted molar refractivity (Wildman–Crippen MR) is 111 cm³/mol. The lowest BCUT2D eigenvalue weighted by Gasteiger charge is -2.35. The van der Waals surface area contributed by atoms with E-state index >= 15 is 0 Å². The average Bonchev–Trinajstić information content (AvgIpc) is 2.95. The fourth-order valence-corrected chi connectivity index (χ4v) is 3.38. The minimum Gasteiger partial charge on any atom is -0.283 e. The molecule has 1 aliphatic rings. The smallest absolute Gasteiger partial charge is 0.283 e. The van der Waals surface area contributed by atoms with Crippen LogP contribution in [0, 0.1) is 6.92 Å². The highest BCUT2D eigenvalue weighted by molar-refractivity contribution is 6.48. The summed E-state index contributed by atoms with van der Waals surface area (Å²) in [6, 6.07) is 27.0. The summed E-state index contributed by atoms with van der Waals surface area (Å²) in [5.41, 5.74) is 4.61. The molecule has 0 bridgehead atoms. The standard InChI is InChI=1S/C24H20N2O2/c1-17-13-15-19(16-14-17)22-18(2)23(27)24(28)26(22)25(20-9-5-3-6-10-20)21-11-7-4-8-12-21/h3-16H,1-2H3. The number of ketones is 1. The van der Waals surface area contributed by atoms with Gasteiger partial charge in [-0.1, -0.05) is 66.2 Å². The minimum absolute atomic E-state index is 0.450. The van der Waals surface area contributed by atoms with E-state index in [-0.39, 0.29) is 0 Å². The molecule has 0 saturated carbocycles. The molecule has 0 aromatic heterocycles. The number of amides is 1. The average molecular weight is 368 g/mol. The van der Waals surface area contributed by atoms with E-state index in [1.54, 1.807) is 11.9 Å². The Kier molecular flexibility index (Phi) is 4.53. The normalized spacial score (nSPS) is 14.0. The van der Waals surface area contributed by atoms with Crippen molar-refractivity contribution < 1.29 is 9.59 Å². The maximum atomic E-state index is 13.0. The van der Waals surface area contributed by atoms with Gasteiger partial charge >= 0.3 is 5.91 Å². The molecule has 3 aromatic rings. The molecule has 138 valence electrons. The number of hydrazine groups is 1. The molecule has 1 amide bonds.